The Kier molecular flexibility index (Phi) is 7.38. The van der Waals surface area contributed by atoms with E-state index in [1.165, 1.54) is 20.3 Å². The largest absolute Gasteiger partial charge is 0.496 e. The highest BCUT2D eigenvalue weighted by atomic mass is 31.1. The Morgan fingerprint density at radius 2 is 1.41 bits per heavy atom. The molecule has 34 heavy (non-hydrogen) atoms. The highest BCUT2D eigenvalue weighted by Crippen LogP contribution is 2.39. The van der Waals surface area contributed by atoms with Crippen molar-refractivity contribution in [3.05, 3.63) is 88.0 Å². The van der Waals surface area contributed by atoms with Gasteiger partial charge >= 0.3 is 13.3 Å². The van der Waals surface area contributed by atoms with Crippen LogP contribution in [0.25, 0.3) is 0 Å². The minimum Gasteiger partial charge on any atom is -0.496 e. The normalized spacial score (nSPS) is 11.7. The molecule has 0 aliphatic heterocycles. The monoisotopic (exact) mass is 477 g/mol. The van der Waals surface area contributed by atoms with Crippen LogP contribution in [0.1, 0.15) is 63.7 Å². The number of carbonyl (C=O) groups excluding carboxylic acids is 2. The van der Waals surface area contributed by atoms with E-state index in [2.05, 4.69) is 20.8 Å². The maximum atomic E-state index is 13.6. The van der Waals surface area contributed by atoms with Crippen molar-refractivity contribution in [1.82, 2.24) is 0 Å². The average molecular weight is 478 g/mol. The van der Waals surface area contributed by atoms with E-state index in [-0.39, 0.29) is 33.6 Å². The number of methoxy groups -OCH3 is 2. The molecule has 0 fully saturated rings. The second-order valence-electron chi connectivity index (χ2n) is 9.22. The van der Waals surface area contributed by atoms with E-state index in [4.69, 9.17) is 9.47 Å². The number of hydrogen-bond donors (Lipinski definition) is 0. The topological polar surface area (TPSA) is 69.7 Å². The number of ether oxygens (including phenoxy) is 2. The molecule has 3 aromatic rings. The number of ketones is 1. The lowest BCUT2D eigenvalue weighted by atomic mass is 9.84. The summed E-state index contributed by atoms with van der Waals surface area (Å²) in [5.41, 5.74) is 3.08. The second kappa shape index (κ2) is 9.90. The van der Waals surface area contributed by atoms with E-state index in [0.717, 1.165) is 16.7 Å². The van der Waals surface area contributed by atoms with Crippen molar-refractivity contribution in [3.8, 4) is 11.5 Å². The van der Waals surface area contributed by atoms with Crippen molar-refractivity contribution >= 4 is 24.4 Å². The van der Waals surface area contributed by atoms with Crippen LogP contribution in [0.4, 0.5) is 0 Å². The molecule has 3 aromatic carbocycles. The lowest BCUT2D eigenvalue weighted by Crippen LogP contribution is -2.16. The van der Waals surface area contributed by atoms with Gasteiger partial charge < -0.3 is 9.47 Å². The second-order valence-corrected chi connectivity index (χ2v) is 10.7. The summed E-state index contributed by atoms with van der Waals surface area (Å²) in [6.07, 6.45) is 0. The van der Waals surface area contributed by atoms with Gasteiger partial charge in [0.25, 0.3) is 0 Å². The predicted molar refractivity (Wildman–Crippen MR) is 136 cm³/mol. The zero-order valence-corrected chi connectivity index (χ0v) is 21.6. The summed E-state index contributed by atoms with van der Waals surface area (Å²) >= 11 is 0. The van der Waals surface area contributed by atoms with Gasteiger partial charge in [0.15, 0.2) is 5.75 Å². The van der Waals surface area contributed by atoms with E-state index in [9.17, 15) is 14.2 Å². The molecule has 0 heterocycles. The van der Waals surface area contributed by atoms with Crippen LogP contribution in [-0.2, 0) is 9.98 Å². The molecular formula is C28H30O5P+. The van der Waals surface area contributed by atoms with E-state index in [1.807, 2.05) is 32.0 Å². The quantitative estimate of drug-likeness (QED) is 0.302. The Balaban J connectivity index is 2.13. The molecule has 0 N–H and O–H groups in total. The first-order valence-electron chi connectivity index (χ1n) is 11.0. The molecule has 1 atom stereocenters. The smallest absolute Gasteiger partial charge is 0.462 e. The summed E-state index contributed by atoms with van der Waals surface area (Å²) in [7, 11) is 0.282. The van der Waals surface area contributed by atoms with Crippen LogP contribution in [0, 0.1) is 13.8 Å². The van der Waals surface area contributed by atoms with Gasteiger partial charge in [0.05, 0.1) is 19.8 Å². The highest BCUT2D eigenvalue weighted by molar-refractivity contribution is 7.71. The van der Waals surface area contributed by atoms with Crippen LogP contribution in [0.5, 0.6) is 11.5 Å². The molecule has 0 spiro atoms. The Morgan fingerprint density at radius 3 is 1.91 bits per heavy atom. The van der Waals surface area contributed by atoms with Gasteiger partial charge in [-0.15, -0.1) is 0 Å². The maximum Gasteiger partial charge on any atom is 0.462 e. The van der Waals surface area contributed by atoms with Crippen molar-refractivity contribution in [2.75, 3.05) is 14.2 Å². The van der Waals surface area contributed by atoms with Gasteiger partial charge in [0.1, 0.15) is 11.3 Å². The fourth-order valence-corrected chi connectivity index (χ4v) is 5.36. The molecule has 0 bridgehead atoms. The summed E-state index contributed by atoms with van der Waals surface area (Å²) in [5.74, 6) is 0.0327. The molecule has 0 saturated carbocycles. The van der Waals surface area contributed by atoms with E-state index < -0.39 is 13.3 Å². The molecule has 3 rings (SSSR count). The van der Waals surface area contributed by atoms with E-state index >= 15 is 0 Å². The van der Waals surface area contributed by atoms with Gasteiger partial charge in [-0.1, -0.05) is 67.8 Å². The van der Waals surface area contributed by atoms with Gasteiger partial charge in [0.2, 0.25) is 11.1 Å². The lowest BCUT2D eigenvalue weighted by Gasteiger charge is -2.21. The third-order valence-electron chi connectivity index (χ3n) is 5.80. The molecule has 1 unspecified atom stereocenters. The number of benzene rings is 3. The number of hydrogen-bond acceptors (Lipinski definition) is 5. The summed E-state index contributed by atoms with van der Waals surface area (Å²) in [6.45, 7) is 10.0. The van der Waals surface area contributed by atoms with Gasteiger partial charge in [-0.2, -0.15) is 0 Å². The van der Waals surface area contributed by atoms with Crippen molar-refractivity contribution in [3.63, 3.8) is 0 Å². The minimum atomic E-state index is -2.56. The van der Waals surface area contributed by atoms with Crippen LogP contribution in [0.15, 0.2) is 54.6 Å². The SMILES string of the molecule is COc1ccc([P+](=O)C(=O)c2c(C)cc(C(C)(C)C)cc2C)c(OC)c1C(=O)c1ccccc1. The van der Waals surface area contributed by atoms with Gasteiger partial charge in [-0.25, -0.2) is 4.79 Å². The molecule has 0 saturated heterocycles. The molecule has 0 aliphatic rings. The molecule has 0 aliphatic carbocycles. The molecule has 0 amide bonds. The molecular weight excluding hydrogens is 447 g/mol. The summed E-state index contributed by atoms with van der Waals surface area (Å²) in [6, 6.07) is 15.7. The molecule has 176 valence electrons. The first-order chi connectivity index (χ1) is 16.0. The zero-order chi connectivity index (χ0) is 25.2. The van der Waals surface area contributed by atoms with E-state index in [0.29, 0.717) is 11.1 Å². The number of aryl methyl sites for hydroxylation is 2. The molecule has 0 aromatic heterocycles. The summed E-state index contributed by atoms with van der Waals surface area (Å²) in [5, 5.41) is 0.168. The third-order valence-corrected chi connectivity index (χ3v) is 7.18. The van der Waals surface area contributed by atoms with Gasteiger partial charge in [-0.05, 0) is 48.1 Å². The predicted octanol–water partition coefficient (Wildman–Crippen LogP) is 6.14. The maximum absolute atomic E-state index is 13.6. The Bertz CT molecular complexity index is 1250. The molecule has 5 nitrogen and oxygen atoms in total. The van der Waals surface area contributed by atoms with Crippen LogP contribution < -0.4 is 14.8 Å². The van der Waals surface area contributed by atoms with E-state index in [1.54, 1.807) is 30.3 Å². The van der Waals surface area contributed by atoms with Crippen LogP contribution in [0.2, 0.25) is 0 Å². The Morgan fingerprint density at radius 1 is 0.824 bits per heavy atom. The molecule has 0 radical (unpaired) electrons. The average Bonchev–Trinajstić information content (AvgIpc) is 2.81. The Labute approximate surface area is 201 Å². The number of carbonyl (C=O) groups is 2. The van der Waals surface area contributed by atoms with Gasteiger partial charge in [0, 0.05) is 5.56 Å². The third kappa shape index (κ3) is 4.80. The first kappa shape index (κ1) is 25.3. The van der Waals surface area contributed by atoms with Crippen molar-refractivity contribution < 1.29 is 23.6 Å². The standard InChI is InChI=1S/C28H30O5P/c1-17-15-20(28(3,4)5)16-18(2)23(17)27(30)34(31)22-14-13-21(32-6)24(26(22)33-7)25(29)19-11-9-8-10-12-19/h8-16H,1-7H3/q+1. The zero-order valence-electron chi connectivity index (χ0n) is 20.7. The van der Waals surface area contributed by atoms with Crippen molar-refractivity contribution in [2.24, 2.45) is 0 Å². The van der Waals surface area contributed by atoms with Crippen molar-refractivity contribution in [2.45, 2.75) is 40.0 Å². The first-order valence-corrected chi connectivity index (χ1v) is 12.2. The van der Waals surface area contributed by atoms with Crippen LogP contribution >= 0.6 is 7.80 Å². The summed E-state index contributed by atoms with van der Waals surface area (Å²) < 4.78 is 24.6. The highest BCUT2D eigenvalue weighted by Gasteiger charge is 2.40. The van der Waals surface area contributed by atoms with Gasteiger partial charge in [-0.3, -0.25) is 4.79 Å². The van der Waals surface area contributed by atoms with Crippen LogP contribution in [-0.4, -0.2) is 25.5 Å². The number of rotatable bonds is 7. The fourth-order valence-electron chi connectivity index (χ4n) is 3.98. The lowest BCUT2D eigenvalue weighted by molar-refractivity contribution is 0.103. The Hall–Kier alpha value is -3.30. The van der Waals surface area contributed by atoms with Crippen LogP contribution in [0.3, 0.4) is 0 Å². The summed E-state index contributed by atoms with van der Waals surface area (Å²) in [4.78, 5) is 26.8. The molecule has 6 heteroatoms. The van der Waals surface area contributed by atoms with Crippen molar-refractivity contribution in [1.29, 1.82) is 0 Å². The minimum absolute atomic E-state index is 0.0782. The fraction of sp³-hybridized carbons (Fsp3) is 0.286.